The fourth-order valence-corrected chi connectivity index (χ4v) is 2.24. The minimum atomic E-state index is -0.176. The van der Waals surface area contributed by atoms with E-state index in [0.29, 0.717) is 11.4 Å². The van der Waals surface area contributed by atoms with Crippen LogP contribution in [-0.4, -0.2) is 29.8 Å². The molecule has 0 fully saturated rings. The molecule has 20 heavy (non-hydrogen) atoms. The molecule has 5 heteroatoms. The summed E-state index contributed by atoms with van der Waals surface area (Å²) in [5.74, 6) is 0. The maximum atomic E-state index is 11.8. The van der Waals surface area contributed by atoms with Crippen molar-refractivity contribution >= 4 is 17.6 Å². The number of carbonyl (C=O) groups is 1. The van der Waals surface area contributed by atoms with E-state index in [1.165, 1.54) is 0 Å². The van der Waals surface area contributed by atoms with E-state index >= 15 is 0 Å². The number of hydrogen-bond donors (Lipinski definition) is 3. The molecule has 0 aliphatic heterocycles. The van der Waals surface area contributed by atoms with Crippen molar-refractivity contribution in [1.29, 1.82) is 0 Å². The SMILES string of the molecule is C[C@H](CCCO)NC(=O)N[C@H](C)Cc1cccc(Cl)c1. The van der Waals surface area contributed by atoms with E-state index in [4.69, 9.17) is 16.7 Å². The summed E-state index contributed by atoms with van der Waals surface area (Å²) >= 11 is 5.93. The molecule has 2 amide bonds. The molecule has 0 saturated carbocycles. The molecular formula is C15H23ClN2O2. The fourth-order valence-electron chi connectivity index (χ4n) is 2.03. The van der Waals surface area contributed by atoms with Gasteiger partial charge in [0.1, 0.15) is 0 Å². The van der Waals surface area contributed by atoms with Crippen LogP contribution in [0.2, 0.25) is 5.02 Å². The van der Waals surface area contributed by atoms with E-state index in [2.05, 4.69) is 10.6 Å². The maximum Gasteiger partial charge on any atom is 0.315 e. The van der Waals surface area contributed by atoms with Crippen molar-refractivity contribution in [2.24, 2.45) is 0 Å². The Bertz CT molecular complexity index is 426. The zero-order valence-electron chi connectivity index (χ0n) is 12.0. The van der Waals surface area contributed by atoms with Crippen LogP contribution in [-0.2, 0) is 6.42 Å². The Morgan fingerprint density at radius 3 is 2.65 bits per heavy atom. The summed E-state index contributed by atoms with van der Waals surface area (Å²) in [4.78, 5) is 11.8. The molecule has 0 aromatic heterocycles. The fraction of sp³-hybridized carbons (Fsp3) is 0.533. The highest BCUT2D eigenvalue weighted by molar-refractivity contribution is 6.30. The van der Waals surface area contributed by atoms with Gasteiger partial charge in [0.05, 0.1) is 0 Å². The van der Waals surface area contributed by atoms with Crippen LogP contribution in [0, 0.1) is 0 Å². The summed E-state index contributed by atoms with van der Waals surface area (Å²) in [5.41, 5.74) is 1.10. The monoisotopic (exact) mass is 298 g/mol. The number of nitrogens with one attached hydrogen (secondary N) is 2. The van der Waals surface area contributed by atoms with Gasteiger partial charge in [-0.3, -0.25) is 0 Å². The number of amides is 2. The highest BCUT2D eigenvalue weighted by Gasteiger charge is 2.10. The molecule has 0 heterocycles. The van der Waals surface area contributed by atoms with E-state index in [0.717, 1.165) is 18.4 Å². The van der Waals surface area contributed by atoms with Crippen LogP contribution < -0.4 is 10.6 Å². The molecule has 112 valence electrons. The van der Waals surface area contributed by atoms with Gasteiger partial charge in [0.25, 0.3) is 0 Å². The highest BCUT2D eigenvalue weighted by Crippen LogP contribution is 2.12. The molecule has 0 spiro atoms. The lowest BCUT2D eigenvalue weighted by Gasteiger charge is -2.18. The van der Waals surface area contributed by atoms with Crippen LogP contribution in [0.15, 0.2) is 24.3 Å². The summed E-state index contributed by atoms with van der Waals surface area (Å²) in [7, 11) is 0. The first-order chi connectivity index (χ1) is 9.51. The van der Waals surface area contributed by atoms with Crippen LogP contribution in [0.1, 0.15) is 32.3 Å². The molecule has 1 rings (SSSR count). The molecule has 1 aromatic rings. The largest absolute Gasteiger partial charge is 0.396 e. The topological polar surface area (TPSA) is 61.4 Å². The van der Waals surface area contributed by atoms with Crippen LogP contribution >= 0.6 is 11.6 Å². The number of aliphatic hydroxyl groups is 1. The van der Waals surface area contributed by atoms with Gasteiger partial charge in [-0.25, -0.2) is 4.79 Å². The Morgan fingerprint density at radius 1 is 1.30 bits per heavy atom. The van der Waals surface area contributed by atoms with Crippen LogP contribution in [0.5, 0.6) is 0 Å². The average molecular weight is 299 g/mol. The minimum absolute atomic E-state index is 0.0264. The van der Waals surface area contributed by atoms with E-state index in [-0.39, 0.29) is 24.7 Å². The lowest BCUT2D eigenvalue weighted by molar-refractivity contribution is 0.231. The van der Waals surface area contributed by atoms with Gasteiger partial charge in [0.15, 0.2) is 0 Å². The second kappa shape index (κ2) is 8.82. The molecule has 0 bridgehead atoms. The Kier molecular flexibility index (Phi) is 7.41. The third-order valence-electron chi connectivity index (χ3n) is 2.98. The summed E-state index contributed by atoms with van der Waals surface area (Å²) in [6.45, 7) is 4.04. The lowest BCUT2D eigenvalue weighted by Crippen LogP contribution is -2.45. The maximum absolute atomic E-state index is 11.8. The first-order valence-corrected chi connectivity index (χ1v) is 7.31. The highest BCUT2D eigenvalue weighted by atomic mass is 35.5. The number of carbonyl (C=O) groups excluding carboxylic acids is 1. The number of benzene rings is 1. The normalized spacial score (nSPS) is 13.6. The Morgan fingerprint density at radius 2 is 2.00 bits per heavy atom. The van der Waals surface area contributed by atoms with Gasteiger partial charge in [-0.1, -0.05) is 23.7 Å². The van der Waals surface area contributed by atoms with E-state index in [9.17, 15) is 4.79 Å². The van der Waals surface area contributed by atoms with Crippen molar-refractivity contribution in [3.63, 3.8) is 0 Å². The van der Waals surface area contributed by atoms with Crippen molar-refractivity contribution in [2.75, 3.05) is 6.61 Å². The first kappa shape index (κ1) is 16.8. The zero-order valence-corrected chi connectivity index (χ0v) is 12.8. The molecule has 0 aliphatic rings. The van der Waals surface area contributed by atoms with Crippen LogP contribution in [0.3, 0.4) is 0 Å². The second-order valence-corrected chi connectivity index (χ2v) is 5.56. The van der Waals surface area contributed by atoms with Gasteiger partial charge in [0.2, 0.25) is 0 Å². The van der Waals surface area contributed by atoms with E-state index < -0.39 is 0 Å². The lowest BCUT2D eigenvalue weighted by atomic mass is 10.1. The standard InChI is InChI=1S/C15H23ClN2O2/c1-11(5-4-8-19)17-15(20)18-12(2)9-13-6-3-7-14(16)10-13/h3,6-7,10-12,19H,4-5,8-9H2,1-2H3,(H2,17,18,20)/t11-,12-/m1/s1. The van der Waals surface area contributed by atoms with E-state index in [1.54, 1.807) is 0 Å². The van der Waals surface area contributed by atoms with Crippen molar-refractivity contribution < 1.29 is 9.90 Å². The number of halogens is 1. The average Bonchev–Trinajstić information content (AvgIpc) is 2.35. The first-order valence-electron chi connectivity index (χ1n) is 6.93. The molecule has 0 aliphatic carbocycles. The Balaban J connectivity index is 2.34. The third kappa shape index (κ3) is 6.78. The van der Waals surface area contributed by atoms with Crippen LogP contribution in [0.4, 0.5) is 4.79 Å². The van der Waals surface area contributed by atoms with Crippen molar-refractivity contribution in [1.82, 2.24) is 10.6 Å². The molecule has 2 atom stereocenters. The van der Waals surface area contributed by atoms with Gasteiger partial charge < -0.3 is 15.7 Å². The molecule has 4 nitrogen and oxygen atoms in total. The minimum Gasteiger partial charge on any atom is -0.396 e. The van der Waals surface area contributed by atoms with Crippen molar-refractivity contribution in [2.45, 2.75) is 45.2 Å². The predicted molar refractivity (Wildman–Crippen MR) is 82.1 cm³/mol. The van der Waals surface area contributed by atoms with Crippen LogP contribution in [0.25, 0.3) is 0 Å². The molecule has 0 unspecified atom stereocenters. The predicted octanol–water partition coefficient (Wildman–Crippen LogP) is 2.73. The third-order valence-corrected chi connectivity index (χ3v) is 3.22. The summed E-state index contributed by atoms with van der Waals surface area (Å²) in [6, 6.07) is 7.54. The summed E-state index contributed by atoms with van der Waals surface area (Å²) in [5, 5.41) is 15.2. The quantitative estimate of drug-likeness (QED) is 0.725. The second-order valence-electron chi connectivity index (χ2n) is 5.12. The van der Waals surface area contributed by atoms with Gasteiger partial charge in [-0.15, -0.1) is 0 Å². The van der Waals surface area contributed by atoms with Gasteiger partial charge in [0, 0.05) is 23.7 Å². The van der Waals surface area contributed by atoms with Crippen molar-refractivity contribution in [3.8, 4) is 0 Å². The number of aliphatic hydroxyl groups excluding tert-OH is 1. The Labute approximate surface area is 125 Å². The number of rotatable bonds is 7. The molecule has 0 radical (unpaired) electrons. The van der Waals surface area contributed by atoms with Gasteiger partial charge in [-0.05, 0) is 50.8 Å². The summed E-state index contributed by atoms with van der Waals surface area (Å²) in [6.07, 6.45) is 2.20. The number of urea groups is 1. The smallest absolute Gasteiger partial charge is 0.315 e. The van der Waals surface area contributed by atoms with E-state index in [1.807, 2.05) is 38.1 Å². The van der Waals surface area contributed by atoms with Gasteiger partial charge in [-0.2, -0.15) is 0 Å². The summed E-state index contributed by atoms with van der Waals surface area (Å²) < 4.78 is 0. The molecular weight excluding hydrogens is 276 g/mol. The molecule has 3 N–H and O–H groups in total. The molecule has 0 saturated heterocycles. The Hall–Kier alpha value is -1.26. The molecule has 1 aromatic carbocycles. The number of hydrogen-bond acceptors (Lipinski definition) is 2. The zero-order chi connectivity index (χ0) is 15.0. The van der Waals surface area contributed by atoms with Gasteiger partial charge >= 0.3 is 6.03 Å². The van der Waals surface area contributed by atoms with Crippen molar-refractivity contribution in [3.05, 3.63) is 34.9 Å².